The van der Waals surface area contributed by atoms with E-state index in [9.17, 15) is 23.3 Å². The first-order valence-corrected chi connectivity index (χ1v) is 8.27. The average molecular weight is 335 g/mol. The van der Waals surface area contributed by atoms with Gasteiger partial charge in [0.05, 0.1) is 11.2 Å². The molecule has 0 saturated carbocycles. The van der Waals surface area contributed by atoms with Crippen molar-refractivity contribution in [1.29, 1.82) is 0 Å². The average Bonchev–Trinajstić information content (AvgIpc) is 2.46. The van der Waals surface area contributed by atoms with Crippen LogP contribution >= 0.6 is 0 Å². The number of hydrogen-bond acceptors (Lipinski definition) is 5. The van der Waals surface area contributed by atoms with Crippen LogP contribution in [0.2, 0.25) is 0 Å². The van der Waals surface area contributed by atoms with Crippen molar-refractivity contribution in [2.45, 2.75) is 0 Å². The van der Waals surface area contributed by atoms with Gasteiger partial charge in [-0.05, 0) is 24.3 Å². The summed E-state index contributed by atoms with van der Waals surface area (Å²) >= 11 is 0. The van der Waals surface area contributed by atoms with Crippen LogP contribution in [-0.2, 0) is 10.0 Å². The topological polar surface area (TPSA) is 118 Å². The van der Waals surface area contributed by atoms with Gasteiger partial charge in [-0.1, -0.05) is 12.1 Å². The Morgan fingerprint density at radius 2 is 1.74 bits per heavy atom. The fourth-order valence-electron chi connectivity index (χ4n) is 1.84. The van der Waals surface area contributed by atoms with Gasteiger partial charge < -0.3 is 5.32 Å². The van der Waals surface area contributed by atoms with Gasteiger partial charge in [-0.2, -0.15) is 0 Å². The monoisotopic (exact) mass is 335 g/mol. The number of hydrogen-bond donors (Lipinski definition) is 2. The Balaban J connectivity index is 2.19. The molecule has 0 aliphatic rings. The minimum Gasteiger partial charge on any atom is -0.322 e. The normalized spacial score (nSPS) is 10.8. The number of rotatable bonds is 5. The zero-order chi connectivity index (χ0) is 17.0. The van der Waals surface area contributed by atoms with Crippen molar-refractivity contribution in [1.82, 2.24) is 0 Å². The Kier molecular flexibility index (Phi) is 4.60. The molecule has 2 aromatic carbocycles. The van der Waals surface area contributed by atoms with Crippen LogP contribution in [0.3, 0.4) is 0 Å². The smallest absolute Gasteiger partial charge is 0.271 e. The summed E-state index contributed by atoms with van der Waals surface area (Å²) in [5, 5.41) is 13.2. The summed E-state index contributed by atoms with van der Waals surface area (Å²) in [7, 11) is -3.45. The zero-order valence-electron chi connectivity index (χ0n) is 12.0. The largest absolute Gasteiger partial charge is 0.322 e. The Labute approximate surface area is 132 Å². The van der Waals surface area contributed by atoms with E-state index in [2.05, 4.69) is 10.0 Å². The Morgan fingerprint density at radius 3 is 2.39 bits per heavy atom. The standard InChI is InChI=1S/C14H13N3O5S/c1-23(21,22)16-12-6-2-4-10(8-12)14(18)15-11-5-3-7-13(9-11)17(19)20/h2-9,16H,1H3,(H,15,18). The van der Waals surface area contributed by atoms with Gasteiger partial charge in [0.1, 0.15) is 0 Å². The van der Waals surface area contributed by atoms with E-state index in [1.54, 1.807) is 0 Å². The van der Waals surface area contributed by atoms with Crippen LogP contribution in [0.1, 0.15) is 10.4 Å². The molecule has 8 nitrogen and oxygen atoms in total. The van der Waals surface area contributed by atoms with E-state index in [1.165, 1.54) is 48.5 Å². The maximum absolute atomic E-state index is 12.2. The van der Waals surface area contributed by atoms with Gasteiger partial charge >= 0.3 is 0 Å². The van der Waals surface area contributed by atoms with Gasteiger partial charge in [-0.15, -0.1) is 0 Å². The molecule has 0 unspecified atom stereocenters. The lowest BCUT2D eigenvalue weighted by Crippen LogP contribution is -2.14. The van der Waals surface area contributed by atoms with E-state index < -0.39 is 20.9 Å². The number of anilines is 2. The number of carbonyl (C=O) groups is 1. The number of nitrogens with one attached hydrogen (secondary N) is 2. The maximum atomic E-state index is 12.2. The first-order chi connectivity index (χ1) is 10.7. The highest BCUT2D eigenvalue weighted by molar-refractivity contribution is 7.92. The second-order valence-corrected chi connectivity index (χ2v) is 6.47. The molecule has 2 rings (SSSR count). The summed E-state index contributed by atoms with van der Waals surface area (Å²) in [5.41, 5.74) is 0.588. The molecule has 0 aliphatic carbocycles. The number of nitro groups is 1. The van der Waals surface area contributed by atoms with Gasteiger partial charge in [0.15, 0.2) is 0 Å². The Bertz CT molecular complexity index is 864. The van der Waals surface area contributed by atoms with Gasteiger partial charge in [-0.3, -0.25) is 19.6 Å². The van der Waals surface area contributed by atoms with Crippen molar-refractivity contribution in [3.8, 4) is 0 Å². The van der Waals surface area contributed by atoms with Crippen LogP contribution in [0, 0.1) is 10.1 Å². The lowest BCUT2D eigenvalue weighted by atomic mass is 10.2. The van der Waals surface area contributed by atoms with Crippen molar-refractivity contribution in [3.63, 3.8) is 0 Å². The molecule has 2 N–H and O–H groups in total. The van der Waals surface area contributed by atoms with Crippen LogP contribution in [0.5, 0.6) is 0 Å². The number of carbonyl (C=O) groups excluding carboxylic acids is 1. The molecule has 120 valence electrons. The molecule has 9 heteroatoms. The van der Waals surface area contributed by atoms with Gasteiger partial charge in [0.25, 0.3) is 11.6 Å². The minimum atomic E-state index is -3.45. The molecule has 0 spiro atoms. The van der Waals surface area contributed by atoms with E-state index in [0.717, 1.165) is 6.26 Å². The maximum Gasteiger partial charge on any atom is 0.271 e. The predicted octanol–water partition coefficient (Wildman–Crippen LogP) is 2.22. The highest BCUT2D eigenvalue weighted by Crippen LogP contribution is 2.19. The molecule has 0 aliphatic heterocycles. The summed E-state index contributed by atoms with van der Waals surface area (Å²) in [6.45, 7) is 0. The summed E-state index contributed by atoms with van der Waals surface area (Å²) in [4.78, 5) is 22.3. The van der Waals surface area contributed by atoms with Crippen molar-refractivity contribution in [2.75, 3.05) is 16.3 Å². The minimum absolute atomic E-state index is 0.143. The van der Waals surface area contributed by atoms with Gasteiger partial charge in [0.2, 0.25) is 10.0 Å². The molecule has 0 heterocycles. The molecule has 0 fully saturated rings. The van der Waals surface area contributed by atoms with E-state index in [-0.39, 0.29) is 22.6 Å². The molecular formula is C14H13N3O5S. The van der Waals surface area contributed by atoms with Crippen LogP contribution in [0.4, 0.5) is 17.1 Å². The molecule has 0 aromatic heterocycles. The molecular weight excluding hydrogens is 322 g/mol. The summed E-state index contributed by atoms with van der Waals surface area (Å²) < 4.78 is 24.7. The Morgan fingerprint density at radius 1 is 1.09 bits per heavy atom. The van der Waals surface area contributed by atoms with Crippen LogP contribution in [0.15, 0.2) is 48.5 Å². The fourth-order valence-corrected chi connectivity index (χ4v) is 2.39. The number of nitro benzene ring substituents is 1. The third-order valence-electron chi connectivity index (χ3n) is 2.74. The molecule has 0 atom stereocenters. The predicted molar refractivity (Wildman–Crippen MR) is 86.0 cm³/mol. The third-order valence-corrected chi connectivity index (χ3v) is 3.35. The second-order valence-electron chi connectivity index (χ2n) is 4.72. The van der Waals surface area contributed by atoms with Crippen molar-refractivity contribution >= 4 is 33.0 Å². The number of nitrogens with zero attached hydrogens (tertiary/aromatic N) is 1. The molecule has 0 saturated heterocycles. The van der Waals surface area contributed by atoms with E-state index >= 15 is 0 Å². The quantitative estimate of drug-likeness (QED) is 0.641. The summed E-state index contributed by atoms with van der Waals surface area (Å²) in [6.07, 6.45) is 1.00. The third kappa shape index (κ3) is 4.78. The number of non-ortho nitro benzene ring substituents is 1. The summed E-state index contributed by atoms with van der Waals surface area (Å²) in [6, 6.07) is 11.4. The van der Waals surface area contributed by atoms with Crippen molar-refractivity contribution in [2.24, 2.45) is 0 Å². The molecule has 0 bridgehead atoms. The van der Waals surface area contributed by atoms with E-state index in [0.29, 0.717) is 0 Å². The number of benzene rings is 2. The van der Waals surface area contributed by atoms with Crippen LogP contribution in [-0.4, -0.2) is 25.5 Å². The summed E-state index contributed by atoms with van der Waals surface area (Å²) in [5.74, 6) is -0.511. The van der Waals surface area contributed by atoms with Crippen molar-refractivity contribution < 1.29 is 18.1 Å². The zero-order valence-corrected chi connectivity index (χ0v) is 12.8. The van der Waals surface area contributed by atoms with Gasteiger partial charge in [-0.25, -0.2) is 8.42 Å². The van der Waals surface area contributed by atoms with E-state index in [1.807, 2.05) is 0 Å². The molecule has 23 heavy (non-hydrogen) atoms. The number of amides is 1. The first-order valence-electron chi connectivity index (χ1n) is 6.38. The van der Waals surface area contributed by atoms with Gasteiger partial charge in [0, 0.05) is 29.1 Å². The fraction of sp³-hybridized carbons (Fsp3) is 0.0714. The Hall–Kier alpha value is -2.94. The highest BCUT2D eigenvalue weighted by Gasteiger charge is 2.11. The molecule has 2 aromatic rings. The van der Waals surface area contributed by atoms with Crippen LogP contribution in [0.25, 0.3) is 0 Å². The number of sulfonamides is 1. The SMILES string of the molecule is CS(=O)(=O)Nc1cccc(C(=O)Nc2cccc([N+](=O)[O-])c2)c1. The van der Waals surface area contributed by atoms with Crippen LogP contribution < -0.4 is 10.0 Å². The lowest BCUT2D eigenvalue weighted by molar-refractivity contribution is -0.384. The molecule has 0 radical (unpaired) electrons. The lowest BCUT2D eigenvalue weighted by Gasteiger charge is -2.08. The van der Waals surface area contributed by atoms with E-state index in [4.69, 9.17) is 0 Å². The highest BCUT2D eigenvalue weighted by atomic mass is 32.2. The first kappa shape index (κ1) is 16.4. The van der Waals surface area contributed by atoms with Crippen molar-refractivity contribution in [3.05, 3.63) is 64.2 Å². The second kappa shape index (κ2) is 6.44. The molecule has 1 amide bonds.